The van der Waals surface area contributed by atoms with Crippen LogP contribution in [0.25, 0.3) is 10.9 Å². The maximum Gasteiger partial charge on any atom is 0.233 e. The lowest BCUT2D eigenvalue weighted by molar-refractivity contribution is -0.129. The van der Waals surface area contributed by atoms with E-state index in [0.717, 1.165) is 48.1 Å². The van der Waals surface area contributed by atoms with Crippen molar-refractivity contribution in [3.63, 3.8) is 0 Å². The van der Waals surface area contributed by atoms with E-state index in [0.29, 0.717) is 32.7 Å². The molecule has 0 radical (unpaired) electrons. The predicted molar refractivity (Wildman–Crippen MR) is 119 cm³/mol. The number of fused-ring (bicyclic) bond motifs is 1. The van der Waals surface area contributed by atoms with E-state index in [4.69, 9.17) is 14.7 Å². The number of nitrogens with zero attached hydrogens (tertiary/aromatic N) is 5. The first-order valence-electron chi connectivity index (χ1n) is 10.3. The summed E-state index contributed by atoms with van der Waals surface area (Å²) in [4.78, 5) is 26.2. The largest absolute Gasteiger partial charge is 0.379 e. The molecule has 1 amide bonds. The van der Waals surface area contributed by atoms with Crippen LogP contribution < -0.4 is 0 Å². The van der Waals surface area contributed by atoms with E-state index in [1.165, 1.54) is 22.3 Å². The molecule has 2 fully saturated rings. The van der Waals surface area contributed by atoms with Crippen LogP contribution >= 0.6 is 11.8 Å². The zero-order valence-corrected chi connectivity index (χ0v) is 19.2. The number of aromatic nitrogens is 2. The monoisotopic (exact) mass is 465 g/mol. The molecule has 31 heavy (non-hydrogen) atoms. The second kappa shape index (κ2) is 9.78. The Balaban J connectivity index is 1.43. The van der Waals surface area contributed by atoms with Crippen LogP contribution in [0.15, 0.2) is 29.3 Å². The van der Waals surface area contributed by atoms with Crippen LogP contribution in [0.2, 0.25) is 0 Å². The number of amides is 1. The van der Waals surface area contributed by atoms with Crippen LogP contribution in [-0.4, -0.2) is 103 Å². The Bertz CT molecular complexity index is 1040. The van der Waals surface area contributed by atoms with Crippen molar-refractivity contribution in [3.8, 4) is 0 Å². The molecule has 0 spiro atoms. The number of para-hydroxylation sites is 1. The molecule has 1 aromatic carbocycles. The molecule has 3 heterocycles. The Hall–Kier alpha value is -1.79. The van der Waals surface area contributed by atoms with E-state index in [-0.39, 0.29) is 11.7 Å². The Morgan fingerprint density at radius 2 is 1.77 bits per heavy atom. The quantitative estimate of drug-likeness (QED) is 0.454. The second-order valence-electron chi connectivity index (χ2n) is 7.68. The fraction of sp³-hybridized carbons (Fsp3) is 0.550. The number of carbonyl (C=O) groups excluding carboxylic acids is 1. The standard InChI is InChI=1S/C20H27N5O4S2/c1-31(27,28)25-8-6-24(7-9-25)19(26)15-30-20-16-4-2-3-5-17(16)21-18(22-20)14-23-10-12-29-13-11-23/h2-5H,6-15H2,1H3. The SMILES string of the molecule is CS(=O)(=O)N1CCN(C(=O)CSc2nc(CN3CCOCC3)nc3ccccc23)CC1. The van der Waals surface area contributed by atoms with Crippen molar-refractivity contribution < 1.29 is 17.9 Å². The molecule has 168 valence electrons. The highest BCUT2D eigenvalue weighted by atomic mass is 32.2. The summed E-state index contributed by atoms with van der Waals surface area (Å²) in [6, 6.07) is 7.85. The highest BCUT2D eigenvalue weighted by Gasteiger charge is 2.26. The highest BCUT2D eigenvalue weighted by Crippen LogP contribution is 2.26. The van der Waals surface area contributed by atoms with Crippen molar-refractivity contribution >= 4 is 38.6 Å². The molecule has 2 saturated heterocycles. The Morgan fingerprint density at radius 3 is 2.48 bits per heavy atom. The molecular formula is C20H27N5O4S2. The van der Waals surface area contributed by atoms with Gasteiger partial charge in [-0.05, 0) is 6.07 Å². The van der Waals surface area contributed by atoms with Crippen molar-refractivity contribution in [2.24, 2.45) is 0 Å². The lowest BCUT2D eigenvalue weighted by Crippen LogP contribution is -2.50. The molecule has 11 heteroatoms. The Kier molecular flexibility index (Phi) is 7.07. The van der Waals surface area contributed by atoms with Crippen LogP contribution in [0.1, 0.15) is 5.82 Å². The molecule has 0 bridgehead atoms. The smallest absolute Gasteiger partial charge is 0.233 e. The summed E-state index contributed by atoms with van der Waals surface area (Å²) < 4.78 is 30.2. The molecule has 1 aromatic heterocycles. The average Bonchev–Trinajstić information content (AvgIpc) is 2.77. The van der Waals surface area contributed by atoms with E-state index < -0.39 is 10.0 Å². The van der Waals surface area contributed by atoms with Gasteiger partial charge in [-0.3, -0.25) is 9.69 Å². The van der Waals surface area contributed by atoms with Crippen molar-refractivity contribution in [1.29, 1.82) is 0 Å². The Morgan fingerprint density at radius 1 is 1.06 bits per heavy atom. The van der Waals surface area contributed by atoms with Crippen LogP contribution in [0.3, 0.4) is 0 Å². The summed E-state index contributed by atoms with van der Waals surface area (Å²) in [5.41, 5.74) is 0.873. The number of hydrogen-bond donors (Lipinski definition) is 0. The topological polar surface area (TPSA) is 95.9 Å². The van der Waals surface area contributed by atoms with E-state index in [1.807, 2.05) is 24.3 Å². The second-order valence-corrected chi connectivity index (χ2v) is 10.6. The molecule has 0 aliphatic carbocycles. The number of thioether (sulfide) groups is 1. The van der Waals surface area contributed by atoms with Gasteiger partial charge in [0.25, 0.3) is 0 Å². The van der Waals surface area contributed by atoms with Gasteiger partial charge in [0.15, 0.2) is 0 Å². The van der Waals surface area contributed by atoms with E-state index in [9.17, 15) is 13.2 Å². The summed E-state index contributed by atoms with van der Waals surface area (Å²) in [7, 11) is -3.21. The van der Waals surface area contributed by atoms with Gasteiger partial charge < -0.3 is 9.64 Å². The van der Waals surface area contributed by atoms with E-state index in [1.54, 1.807) is 4.90 Å². The van der Waals surface area contributed by atoms with E-state index >= 15 is 0 Å². The highest BCUT2D eigenvalue weighted by molar-refractivity contribution is 8.00. The summed E-state index contributed by atoms with van der Waals surface area (Å²) in [5.74, 6) is 1.00. The minimum atomic E-state index is -3.21. The van der Waals surface area contributed by atoms with Gasteiger partial charge in [0, 0.05) is 44.7 Å². The lowest BCUT2D eigenvalue weighted by atomic mass is 10.2. The van der Waals surface area contributed by atoms with E-state index in [2.05, 4.69) is 4.90 Å². The summed E-state index contributed by atoms with van der Waals surface area (Å²) >= 11 is 1.42. The predicted octanol–water partition coefficient (Wildman–Crippen LogP) is 0.658. The van der Waals surface area contributed by atoms with Gasteiger partial charge in [0.2, 0.25) is 15.9 Å². The van der Waals surface area contributed by atoms with Crippen LogP contribution in [0.5, 0.6) is 0 Å². The molecular weight excluding hydrogens is 438 g/mol. The molecule has 0 saturated carbocycles. The van der Waals surface area contributed by atoms with Gasteiger partial charge >= 0.3 is 0 Å². The number of carbonyl (C=O) groups is 1. The number of hydrogen-bond acceptors (Lipinski definition) is 8. The number of piperazine rings is 1. The van der Waals surface area contributed by atoms with Crippen LogP contribution in [-0.2, 0) is 26.1 Å². The van der Waals surface area contributed by atoms with Gasteiger partial charge in [-0.1, -0.05) is 30.0 Å². The first-order valence-corrected chi connectivity index (χ1v) is 13.1. The molecule has 0 atom stereocenters. The summed E-state index contributed by atoms with van der Waals surface area (Å²) in [6.07, 6.45) is 1.20. The third-order valence-electron chi connectivity index (χ3n) is 5.48. The zero-order valence-electron chi connectivity index (χ0n) is 17.6. The van der Waals surface area contributed by atoms with Gasteiger partial charge in [-0.15, -0.1) is 0 Å². The first-order chi connectivity index (χ1) is 14.9. The minimum Gasteiger partial charge on any atom is -0.379 e. The van der Waals surface area contributed by atoms with Gasteiger partial charge in [-0.25, -0.2) is 18.4 Å². The summed E-state index contributed by atoms with van der Waals surface area (Å²) in [6.45, 7) is 5.33. The molecule has 2 aliphatic heterocycles. The van der Waals surface area contributed by atoms with Crippen molar-refractivity contribution in [2.75, 3.05) is 64.5 Å². The summed E-state index contributed by atoms with van der Waals surface area (Å²) in [5, 5.41) is 1.74. The Labute approximate surface area is 186 Å². The van der Waals surface area contributed by atoms with Crippen molar-refractivity contribution in [2.45, 2.75) is 11.6 Å². The number of rotatable bonds is 6. The van der Waals surface area contributed by atoms with Crippen LogP contribution in [0, 0.1) is 0 Å². The molecule has 0 N–H and O–H groups in total. The number of ether oxygens (including phenoxy) is 1. The fourth-order valence-electron chi connectivity index (χ4n) is 3.72. The van der Waals surface area contributed by atoms with Gasteiger partial charge in [0.05, 0.1) is 37.3 Å². The molecule has 0 unspecified atom stereocenters. The van der Waals surface area contributed by atoms with Crippen molar-refractivity contribution in [3.05, 3.63) is 30.1 Å². The number of benzene rings is 1. The molecule has 2 aliphatic rings. The van der Waals surface area contributed by atoms with Gasteiger partial charge in [-0.2, -0.15) is 4.31 Å². The van der Waals surface area contributed by atoms with Crippen molar-refractivity contribution in [1.82, 2.24) is 24.1 Å². The molecule has 4 rings (SSSR count). The zero-order chi connectivity index (χ0) is 21.8. The normalized spacial score (nSPS) is 19.1. The number of morpholine rings is 1. The third kappa shape index (κ3) is 5.72. The maximum atomic E-state index is 12.7. The molecule has 9 nitrogen and oxygen atoms in total. The average molecular weight is 466 g/mol. The minimum absolute atomic E-state index is 0.00410. The first kappa shape index (κ1) is 22.4. The van der Waals surface area contributed by atoms with Crippen LogP contribution in [0.4, 0.5) is 0 Å². The fourth-order valence-corrected chi connectivity index (χ4v) is 5.49. The lowest BCUT2D eigenvalue weighted by Gasteiger charge is -2.33. The maximum absolute atomic E-state index is 12.7. The van der Waals surface area contributed by atoms with Gasteiger partial charge in [0.1, 0.15) is 10.9 Å². The third-order valence-corrected chi connectivity index (χ3v) is 7.76. The molecule has 2 aromatic rings. The number of sulfonamides is 1.